The summed E-state index contributed by atoms with van der Waals surface area (Å²) in [6.45, 7) is -4.31. The molecular weight excluding hydrogens is 920 g/mol. The molecule has 7 N–H and O–H groups in total. The molecule has 3 aromatic heterocycles. The van der Waals surface area contributed by atoms with Crippen molar-refractivity contribution in [2.45, 2.75) is 133 Å². The van der Waals surface area contributed by atoms with E-state index >= 15 is 8.78 Å². The molecule has 21 nitrogen and oxygen atoms in total. The Morgan fingerprint density at radius 3 is 2.26 bits per heavy atom. The topological polar surface area (TPSA) is 300 Å². The van der Waals surface area contributed by atoms with Crippen molar-refractivity contribution in [2.75, 3.05) is 18.9 Å². The number of phosphoric ester groups is 1. The number of hydrogen-bond donors (Lipinski definition) is 3. The average molecular weight is 975 g/mol. The summed E-state index contributed by atoms with van der Waals surface area (Å²) in [6.07, 6.45) is -0.434. The smallest absolute Gasteiger partial charge is 0.389 e. The molecule has 2 unspecified atom stereocenters. The maximum Gasteiger partial charge on any atom is 0.389 e. The van der Waals surface area contributed by atoms with Crippen molar-refractivity contribution in [3.8, 4) is 5.75 Å². The van der Waals surface area contributed by atoms with Gasteiger partial charge in [-0.25, -0.2) is 33.1 Å². The number of nitrogen functional groups attached to an aromatic ring is 1. The highest BCUT2D eigenvalue weighted by atomic mass is 32.7. The number of esters is 1. The molecule has 0 saturated carbocycles. The third-order valence-electron chi connectivity index (χ3n) is 10.9. The number of hydrogen-bond acceptors (Lipinski definition) is 18. The lowest BCUT2D eigenvalue weighted by atomic mass is 10.1. The Bertz CT molecular complexity index is 2430. The zero-order valence-electron chi connectivity index (χ0n) is 35.8. The van der Waals surface area contributed by atoms with Crippen LogP contribution in [0.1, 0.15) is 95.6 Å². The molecule has 0 amide bonds. The van der Waals surface area contributed by atoms with Gasteiger partial charge in [0.2, 0.25) is 0 Å². The van der Waals surface area contributed by atoms with Crippen molar-refractivity contribution in [3.05, 3.63) is 75.6 Å². The van der Waals surface area contributed by atoms with E-state index in [0.717, 1.165) is 37.9 Å². The Labute approximate surface area is 375 Å². The molecule has 3 fully saturated rings. The largest absolute Gasteiger partial charge is 0.756 e. The van der Waals surface area contributed by atoms with E-state index in [0.29, 0.717) is 27.9 Å². The standard InChI is InChI=1S/C39H51F2N7O13P2S.H3N/c1-2-3-4-5-6-7-8-9-10-11-12-29(50)57-25-15-13-24(14-16-25)21-64-63(54)56-19-26-30(40)34(38(58-26)48-23-45-32-35(42)43-22-44-36(32)48)60-62(52,53)55-20-27-33(61-63)31(41)37(59-27)47-18-17-28(49)46-39(47)51;/h13-18,22-23,26-27,30-31,33-34,37-38H,2-12,19-21H2,1H3,(H,52,53)(H2,42,43,44)(H,46,49,51);1H3/t26-,27-,30-,31-,33-,34-,37-,38-,63?;/m1./s1. The molecule has 1 aromatic carbocycles. The molecule has 3 saturated heterocycles. The minimum atomic E-state index is -5.52. The Balaban J connectivity index is 0.00000700. The van der Waals surface area contributed by atoms with E-state index in [1.165, 1.54) is 49.4 Å². The highest BCUT2D eigenvalue weighted by Crippen LogP contribution is 2.64. The van der Waals surface area contributed by atoms with Crippen LogP contribution in [0.2, 0.25) is 0 Å². The highest BCUT2D eigenvalue weighted by molar-refractivity contribution is 8.54. The number of carbonyl (C=O) groups is 1. The zero-order valence-corrected chi connectivity index (χ0v) is 38.4. The number of aromatic nitrogens is 6. The first kappa shape index (κ1) is 50.5. The van der Waals surface area contributed by atoms with Gasteiger partial charge < -0.3 is 40.0 Å². The fourth-order valence-corrected chi connectivity index (χ4v) is 11.8. The van der Waals surface area contributed by atoms with E-state index in [4.69, 9.17) is 38.0 Å². The predicted octanol–water partition coefficient (Wildman–Crippen LogP) is 6.35. The highest BCUT2D eigenvalue weighted by Gasteiger charge is 2.54. The molecule has 10 atom stereocenters. The van der Waals surface area contributed by atoms with Crippen LogP contribution >= 0.6 is 26.0 Å². The third-order valence-corrected chi connectivity index (χ3v) is 15.5. The van der Waals surface area contributed by atoms with Crippen molar-refractivity contribution < 1.29 is 59.9 Å². The van der Waals surface area contributed by atoms with Crippen LogP contribution in [0.15, 0.2) is 58.8 Å². The van der Waals surface area contributed by atoms with E-state index in [1.54, 1.807) is 24.3 Å². The lowest BCUT2D eigenvalue weighted by Crippen LogP contribution is -2.36. The molecule has 7 rings (SSSR count). The number of rotatable bonds is 17. The fraction of sp³-hybridized carbons (Fsp3) is 0.590. The number of nitrogens with one attached hydrogen (secondary N) is 1. The van der Waals surface area contributed by atoms with Gasteiger partial charge in [0.15, 0.2) is 36.3 Å². The van der Waals surface area contributed by atoms with Gasteiger partial charge in [-0.15, -0.1) is 0 Å². The van der Waals surface area contributed by atoms with Gasteiger partial charge in [0.05, 0.1) is 19.5 Å². The summed E-state index contributed by atoms with van der Waals surface area (Å²) in [5, 5.41) is 0. The summed E-state index contributed by atoms with van der Waals surface area (Å²) in [7, 11) is -5.52. The van der Waals surface area contributed by atoms with Crippen LogP contribution in [0, 0.1) is 0 Å². The maximum atomic E-state index is 16.4. The molecule has 3 aliphatic rings. The van der Waals surface area contributed by atoms with E-state index in [1.807, 2.05) is 4.98 Å². The number of quaternary nitrogens is 1. The quantitative estimate of drug-likeness (QED) is 0.0449. The molecule has 0 radical (unpaired) electrons. The lowest BCUT2D eigenvalue weighted by molar-refractivity contribution is -0.236. The molecular formula is C39H54F2N8O13P2S. The van der Waals surface area contributed by atoms with Crippen LogP contribution in [0.5, 0.6) is 5.75 Å². The number of anilines is 1. The molecule has 0 aliphatic carbocycles. The van der Waals surface area contributed by atoms with Crippen molar-refractivity contribution in [1.29, 1.82) is 0 Å². The van der Waals surface area contributed by atoms with Gasteiger partial charge in [0, 0.05) is 24.4 Å². The maximum absolute atomic E-state index is 16.4. The summed E-state index contributed by atoms with van der Waals surface area (Å²) in [6, 6.07) is 7.25. The Hall–Kier alpha value is -3.93. The monoisotopic (exact) mass is 974 g/mol. The number of nitrogens with two attached hydrogens (primary N) is 1. The lowest BCUT2D eigenvalue weighted by Gasteiger charge is -2.31. The predicted molar refractivity (Wildman–Crippen MR) is 231 cm³/mol. The summed E-state index contributed by atoms with van der Waals surface area (Å²) >= 11 is 0.587. The number of nitrogens with zero attached hydrogens (tertiary/aromatic N) is 5. The van der Waals surface area contributed by atoms with Crippen molar-refractivity contribution >= 4 is 49.0 Å². The summed E-state index contributed by atoms with van der Waals surface area (Å²) in [5.74, 6) is -0.216. The Kier molecular flexibility index (Phi) is 17.6. The number of ether oxygens (including phenoxy) is 3. The summed E-state index contributed by atoms with van der Waals surface area (Å²) in [4.78, 5) is 64.4. The number of alkyl halides is 2. The number of benzene rings is 1. The number of halogens is 2. The number of fused-ring (bicyclic) bond motifs is 4. The van der Waals surface area contributed by atoms with Crippen molar-refractivity contribution in [1.82, 2.24) is 35.2 Å². The Morgan fingerprint density at radius 1 is 0.877 bits per heavy atom. The van der Waals surface area contributed by atoms with Gasteiger partial charge in [-0.05, 0) is 35.5 Å². The molecule has 0 spiro atoms. The van der Waals surface area contributed by atoms with Crippen LogP contribution in [-0.2, 0) is 47.2 Å². The minimum Gasteiger partial charge on any atom is -0.756 e. The number of phosphoric acid groups is 1. The van der Waals surface area contributed by atoms with Gasteiger partial charge in [-0.1, -0.05) is 76.8 Å². The zero-order chi connectivity index (χ0) is 45.4. The third kappa shape index (κ3) is 12.7. The molecule has 65 heavy (non-hydrogen) atoms. The first-order chi connectivity index (χ1) is 30.7. The van der Waals surface area contributed by atoms with Crippen LogP contribution < -0.4 is 32.8 Å². The fourth-order valence-electron chi connectivity index (χ4n) is 7.53. The van der Waals surface area contributed by atoms with Crippen LogP contribution in [0.4, 0.5) is 14.6 Å². The number of carbonyl (C=O) groups excluding carboxylic acids is 1. The first-order valence-electron chi connectivity index (χ1n) is 21.1. The van der Waals surface area contributed by atoms with Crippen molar-refractivity contribution in [2.24, 2.45) is 0 Å². The number of H-pyrrole nitrogens is 1. The van der Waals surface area contributed by atoms with Crippen LogP contribution in [0.25, 0.3) is 11.2 Å². The first-order valence-corrected chi connectivity index (χ1v) is 25.7. The second-order valence-electron chi connectivity index (χ2n) is 15.6. The number of unbranched alkanes of at least 4 members (excludes halogenated alkanes) is 9. The van der Waals surface area contributed by atoms with Gasteiger partial charge in [-0.2, -0.15) is 0 Å². The SMILES string of the molecule is CCCCCCCCCCCCC(=O)Oc1ccc(CSP2(=O)OC[C@H]3O[C@@H](n4cnc5c(N)ncnc54)[C@H](OP(=O)([O-])OC[C@H]4O[C@@H](n5ccc(=O)[nH]c5=O)[C@H](F)[C@@H]4O2)[C@@H]3F)cc1.[NH4+]. The van der Waals surface area contributed by atoms with Gasteiger partial charge in [-0.3, -0.25) is 37.3 Å². The van der Waals surface area contributed by atoms with E-state index in [2.05, 4.69) is 21.9 Å². The molecule has 26 heteroatoms. The van der Waals surface area contributed by atoms with E-state index in [-0.39, 0.29) is 47.0 Å². The molecule has 3 aliphatic heterocycles. The number of imidazole rings is 1. The minimum absolute atomic E-state index is 0. The second kappa shape index (κ2) is 22.7. The van der Waals surface area contributed by atoms with Crippen LogP contribution in [0.3, 0.4) is 0 Å². The van der Waals surface area contributed by atoms with Gasteiger partial charge >= 0.3 is 18.5 Å². The Morgan fingerprint density at radius 2 is 1.55 bits per heavy atom. The summed E-state index contributed by atoms with van der Waals surface area (Å²) < 4.78 is 102. The number of aromatic amines is 1. The van der Waals surface area contributed by atoms with Gasteiger partial charge in [0.25, 0.3) is 13.4 Å². The van der Waals surface area contributed by atoms with Gasteiger partial charge in [0.1, 0.15) is 42.0 Å². The summed E-state index contributed by atoms with van der Waals surface area (Å²) in [5.41, 5.74) is 4.75. The second-order valence-corrected chi connectivity index (χ2v) is 21.0. The molecule has 2 bridgehead atoms. The molecule has 358 valence electrons. The van der Waals surface area contributed by atoms with E-state index in [9.17, 15) is 28.4 Å². The average Bonchev–Trinajstić information content (AvgIpc) is 3.92. The normalized spacial score (nSPS) is 29.3. The van der Waals surface area contributed by atoms with E-state index < -0.39 is 88.3 Å². The van der Waals surface area contributed by atoms with Crippen molar-refractivity contribution in [3.63, 3.8) is 0 Å². The van der Waals surface area contributed by atoms with Crippen LogP contribution in [-0.4, -0.2) is 85.0 Å². The molecule has 4 aromatic rings. The molecule has 6 heterocycles.